The molecule has 1 saturated heterocycles. The van der Waals surface area contributed by atoms with Crippen LogP contribution in [-0.4, -0.2) is 99.6 Å². The van der Waals surface area contributed by atoms with Gasteiger partial charge in [0.1, 0.15) is 24.4 Å². The number of rotatable bonds is 53. The van der Waals surface area contributed by atoms with Gasteiger partial charge in [0.25, 0.3) is 0 Å². The Morgan fingerprint density at radius 2 is 0.932 bits per heavy atom. The number of carbonyl (C=O) groups excluding carboxylic acids is 2. The molecule has 1 aliphatic rings. The molecule has 0 aliphatic carbocycles. The van der Waals surface area contributed by atoms with E-state index in [4.69, 9.17) is 14.2 Å². The molecule has 1 fully saturated rings. The van der Waals surface area contributed by atoms with Gasteiger partial charge in [-0.3, -0.25) is 9.59 Å². The van der Waals surface area contributed by atoms with E-state index < -0.39 is 67.4 Å². The lowest BCUT2D eigenvalue weighted by Crippen LogP contribution is -2.61. The zero-order chi connectivity index (χ0) is 54.0. The molecule has 1 heterocycles. The van der Waals surface area contributed by atoms with Crippen molar-refractivity contribution in [3.05, 3.63) is 36.5 Å². The fourth-order valence-electron chi connectivity index (χ4n) is 9.80. The Kier molecular flexibility index (Phi) is 48.8. The molecule has 0 bridgehead atoms. The first-order valence-electron chi connectivity index (χ1n) is 31.3. The highest BCUT2D eigenvalue weighted by atomic mass is 16.7. The summed E-state index contributed by atoms with van der Waals surface area (Å²) in [6.07, 6.45) is 50.4. The zero-order valence-electron chi connectivity index (χ0n) is 48.0. The maximum absolute atomic E-state index is 13.4. The summed E-state index contributed by atoms with van der Waals surface area (Å²) in [6, 6.07) is -1.02. The van der Waals surface area contributed by atoms with Crippen LogP contribution in [0.15, 0.2) is 36.5 Å². The Balaban J connectivity index is 2.65. The molecular weight excluding hydrogens is 931 g/mol. The monoisotopic (exact) mass is 1050 g/mol. The van der Waals surface area contributed by atoms with Crippen molar-refractivity contribution >= 4 is 11.9 Å². The maximum Gasteiger partial charge on any atom is 0.306 e. The van der Waals surface area contributed by atoms with Gasteiger partial charge in [-0.05, 0) is 57.8 Å². The van der Waals surface area contributed by atoms with Crippen LogP contribution in [0.3, 0.4) is 0 Å². The van der Waals surface area contributed by atoms with Crippen molar-refractivity contribution in [1.29, 1.82) is 0 Å². The van der Waals surface area contributed by atoms with Gasteiger partial charge < -0.3 is 45.1 Å². The average molecular weight is 1050 g/mol. The van der Waals surface area contributed by atoms with Gasteiger partial charge in [-0.2, -0.15) is 0 Å². The minimum Gasteiger partial charge on any atom is -0.454 e. The summed E-state index contributed by atoms with van der Waals surface area (Å²) in [5.74, 6) is -1.19. The fraction of sp³-hybridized carbons (Fsp3) is 0.873. The highest BCUT2D eigenvalue weighted by Crippen LogP contribution is 2.26. The number of hydrogen-bond acceptors (Lipinski definition) is 10. The molecule has 11 heteroatoms. The van der Waals surface area contributed by atoms with Crippen LogP contribution in [0.25, 0.3) is 0 Å². The summed E-state index contributed by atoms with van der Waals surface area (Å²) in [6.45, 7) is 5.77. The van der Waals surface area contributed by atoms with Crippen LogP contribution >= 0.6 is 0 Å². The van der Waals surface area contributed by atoms with E-state index in [1.165, 1.54) is 173 Å². The molecule has 0 radical (unpaired) electrons. The summed E-state index contributed by atoms with van der Waals surface area (Å²) in [5, 5.41) is 56.9. The number of nitrogens with one attached hydrogen (secondary N) is 1. The standard InChI is InChI=1S/C63H117NO10/c1-4-7-10-13-16-19-22-24-26-27-28-29-30-31-32-35-38-41-44-47-50-56(67)62(71)64-54(55(66)49-46-43-40-37-34-21-18-15-12-9-6-3)53-72-63-61(60(70)59(69)57(52-65)73-63)74-58(68)51-48-45-42-39-36-33-25-23-20-17-14-11-8-5-2/h16,19,24,26,46,49,54-57,59-61,63,65-67,69-70H,4-15,17-18,20-23,25,27-45,47-48,50-53H2,1-3H3,(H,64,71)/b19-16-,26-24-,49-46+. The summed E-state index contributed by atoms with van der Waals surface area (Å²) < 4.78 is 17.6. The molecule has 6 N–H and O–H groups in total. The second-order valence-electron chi connectivity index (χ2n) is 21.8. The molecule has 1 rings (SSSR count). The number of amides is 1. The summed E-state index contributed by atoms with van der Waals surface area (Å²) in [7, 11) is 0. The topological polar surface area (TPSA) is 175 Å². The van der Waals surface area contributed by atoms with E-state index in [1.807, 2.05) is 6.08 Å². The molecule has 0 aromatic carbocycles. The highest BCUT2D eigenvalue weighted by Gasteiger charge is 2.47. The molecule has 8 unspecified atom stereocenters. The lowest BCUT2D eigenvalue weighted by atomic mass is 9.99. The van der Waals surface area contributed by atoms with Crippen LogP contribution in [0.4, 0.5) is 0 Å². The van der Waals surface area contributed by atoms with Crippen molar-refractivity contribution in [3.8, 4) is 0 Å². The summed E-state index contributed by atoms with van der Waals surface area (Å²) in [4.78, 5) is 26.5. The van der Waals surface area contributed by atoms with Crippen LogP contribution in [-0.2, 0) is 23.8 Å². The molecule has 74 heavy (non-hydrogen) atoms. The van der Waals surface area contributed by atoms with Gasteiger partial charge in [-0.15, -0.1) is 0 Å². The molecule has 8 atom stereocenters. The number of aliphatic hydroxyl groups is 5. The Labute approximate surface area is 453 Å². The molecule has 11 nitrogen and oxygen atoms in total. The third-order valence-electron chi connectivity index (χ3n) is 14.8. The van der Waals surface area contributed by atoms with Gasteiger partial charge in [-0.25, -0.2) is 0 Å². The molecular formula is C63H117NO10. The van der Waals surface area contributed by atoms with Crippen molar-refractivity contribution in [2.45, 2.75) is 339 Å². The first-order valence-corrected chi connectivity index (χ1v) is 31.3. The number of esters is 1. The molecule has 1 aliphatic heterocycles. The van der Waals surface area contributed by atoms with E-state index in [9.17, 15) is 35.1 Å². The highest BCUT2D eigenvalue weighted by molar-refractivity contribution is 5.80. The Hall–Kier alpha value is -2.12. The van der Waals surface area contributed by atoms with E-state index in [0.717, 1.165) is 70.6 Å². The van der Waals surface area contributed by atoms with E-state index in [-0.39, 0.29) is 13.0 Å². The SMILES string of the molecule is CCCCC/C=C\C/C=C\CCCCCCCCCCCCC(O)C(=O)NC(COC1OC(CO)C(O)C(O)C1OC(=O)CCCCCCCCCCCCCCCC)C(O)/C=C/CCCCCCCCCCC. The van der Waals surface area contributed by atoms with E-state index in [0.29, 0.717) is 19.3 Å². The average Bonchev–Trinajstić information content (AvgIpc) is 3.40. The number of hydrogen-bond donors (Lipinski definition) is 6. The molecule has 1 amide bonds. The predicted molar refractivity (Wildman–Crippen MR) is 306 cm³/mol. The van der Waals surface area contributed by atoms with Gasteiger partial charge in [0.15, 0.2) is 12.4 Å². The minimum absolute atomic E-state index is 0.128. The van der Waals surface area contributed by atoms with Crippen LogP contribution in [0.1, 0.15) is 290 Å². The number of allylic oxidation sites excluding steroid dienone is 5. The van der Waals surface area contributed by atoms with Crippen LogP contribution < -0.4 is 5.32 Å². The Morgan fingerprint density at radius 1 is 0.527 bits per heavy atom. The summed E-state index contributed by atoms with van der Waals surface area (Å²) >= 11 is 0. The predicted octanol–water partition coefficient (Wildman–Crippen LogP) is 14.7. The zero-order valence-corrected chi connectivity index (χ0v) is 48.0. The first kappa shape index (κ1) is 69.9. The Morgan fingerprint density at radius 3 is 1.41 bits per heavy atom. The van der Waals surface area contributed by atoms with Gasteiger partial charge in [0, 0.05) is 6.42 Å². The minimum atomic E-state index is -1.61. The number of unbranched alkanes of at least 4 members (excludes halogenated alkanes) is 35. The first-order chi connectivity index (χ1) is 36.2. The third kappa shape index (κ3) is 39.3. The smallest absolute Gasteiger partial charge is 0.306 e. The van der Waals surface area contributed by atoms with Crippen molar-refractivity contribution in [2.24, 2.45) is 0 Å². The fourth-order valence-corrected chi connectivity index (χ4v) is 9.80. The van der Waals surface area contributed by atoms with Crippen molar-refractivity contribution in [2.75, 3.05) is 13.2 Å². The van der Waals surface area contributed by atoms with Crippen LogP contribution in [0.5, 0.6) is 0 Å². The van der Waals surface area contributed by atoms with E-state index in [1.54, 1.807) is 6.08 Å². The number of aliphatic hydroxyl groups excluding tert-OH is 5. The van der Waals surface area contributed by atoms with Gasteiger partial charge in [0.05, 0.1) is 25.4 Å². The Bertz CT molecular complexity index is 1340. The quantitative estimate of drug-likeness (QED) is 0.0195. The van der Waals surface area contributed by atoms with E-state index in [2.05, 4.69) is 50.4 Å². The normalized spacial score (nSPS) is 19.5. The lowest BCUT2D eigenvalue weighted by Gasteiger charge is -2.41. The van der Waals surface area contributed by atoms with Gasteiger partial charge in [-0.1, -0.05) is 263 Å². The number of ether oxygens (including phenoxy) is 3. The second-order valence-corrected chi connectivity index (χ2v) is 21.8. The summed E-state index contributed by atoms with van der Waals surface area (Å²) in [5.41, 5.74) is 0. The van der Waals surface area contributed by atoms with Crippen molar-refractivity contribution in [3.63, 3.8) is 0 Å². The molecule has 434 valence electrons. The lowest BCUT2D eigenvalue weighted by molar-refractivity contribution is -0.305. The maximum atomic E-state index is 13.4. The molecule has 0 aromatic rings. The van der Waals surface area contributed by atoms with Crippen molar-refractivity contribution < 1.29 is 49.3 Å². The third-order valence-corrected chi connectivity index (χ3v) is 14.8. The largest absolute Gasteiger partial charge is 0.454 e. The molecule has 0 spiro atoms. The van der Waals surface area contributed by atoms with Gasteiger partial charge in [0.2, 0.25) is 5.91 Å². The van der Waals surface area contributed by atoms with Crippen LogP contribution in [0, 0.1) is 0 Å². The number of carbonyl (C=O) groups is 2. The van der Waals surface area contributed by atoms with E-state index >= 15 is 0 Å². The molecule has 0 saturated carbocycles. The van der Waals surface area contributed by atoms with Crippen molar-refractivity contribution in [1.82, 2.24) is 5.32 Å². The van der Waals surface area contributed by atoms with Crippen LogP contribution in [0.2, 0.25) is 0 Å². The molecule has 0 aromatic heterocycles. The second kappa shape index (κ2) is 51.6. The van der Waals surface area contributed by atoms with Gasteiger partial charge >= 0.3 is 5.97 Å².